The Hall–Kier alpha value is -2.91. The van der Waals surface area contributed by atoms with Gasteiger partial charge >= 0.3 is 0 Å². The van der Waals surface area contributed by atoms with Crippen molar-refractivity contribution >= 4 is 0 Å². The van der Waals surface area contributed by atoms with Crippen molar-refractivity contribution in [1.29, 1.82) is 5.26 Å². The number of fused-ring (bicyclic) bond motifs is 2. The van der Waals surface area contributed by atoms with Crippen molar-refractivity contribution in [3.05, 3.63) is 46.5 Å². The highest BCUT2D eigenvalue weighted by Gasteiger charge is 2.26. The summed E-state index contributed by atoms with van der Waals surface area (Å²) in [4.78, 5) is 0. The lowest BCUT2D eigenvalue weighted by Gasteiger charge is -2.20. The van der Waals surface area contributed by atoms with Crippen molar-refractivity contribution < 1.29 is 18.9 Å². The van der Waals surface area contributed by atoms with Crippen molar-refractivity contribution in [3.8, 4) is 29.1 Å². The maximum atomic E-state index is 9.72. The molecule has 6 heteroatoms. The van der Waals surface area contributed by atoms with Crippen LogP contribution < -0.4 is 24.3 Å². The fraction of sp³-hybridized carbons (Fsp3) is 0.350. The summed E-state index contributed by atoms with van der Waals surface area (Å²) in [6.45, 7) is 1.09. The number of hydrogen-bond donors (Lipinski definition) is 1. The summed E-state index contributed by atoms with van der Waals surface area (Å²) in [5.74, 6) is 2.64. The Morgan fingerprint density at radius 1 is 1.12 bits per heavy atom. The lowest BCUT2D eigenvalue weighted by atomic mass is 9.93. The summed E-state index contributed by atoms with van der Waals surface area (Å²) in [7, 11) is 3.13. The van der Waals surface area contributed by atoms with Gasteiger partial charge in [-0.1, -0.05) is 6.07 Å². The van der Waals surface area contributed by atoms with Gasteiger partial charge in [0.2, 0.25) is 6.79 Å². The molecule has 0 aliphatic carbocycles. The normalized spacial score (nSPS) is 17.8. The van der Waals surface area contributed by atoms with Crippen LogP contribution in [0.3, 0.4) is 0 Å². The molecule has 1 N–H and O–H groups in total. The van der Waals surface area contributed by atoms with Crippen molar-refractivity contribution in [3.63, 3.8) is 0 Å². The van der Waals surface area contributed by atoms with E-state index in [1.165, 1.54) is 11.1 Å². The van der Waals surface area contributed by atoms with Gasteiger partial charge in [-0.2, -0.15) is 5.26 Å². The predicted octanol–water partition coefficient (Wildman–Crippen LogP) is 2.73. The number of nitrogens with one attached hydrogen (secondary N) is 1. The summed E-state index contributed by atoms with van der Waals surface area (Å²) in [5.41, 5.74) is 3.88. The molecule has 0 aromatic heterocycles. The Kier molecular flexibility index (Phi) is 4.31. The van der Waals surface area contributed by atoms with Crippen LogP contribution in [-0.2, 0) is 12.8 Å². The van der Waals surface area contributed by atoms with Crippen molar-refractivity contribution in [1.82, 2.24) is 5.32 Å². The van der Waals surface area contributed by atoms with Crippen LogP contribution >= 0.6 is 0 Å². The van der Waals surface area contributed by atoms with Gasteiger partial charge in [0, 0.05) is 6.04 Å². The van der Waals surface area contributed by atoms with Crippen molar-refractivity contribution in [2.24, 2.45) is 0 Å². The molecule has 134 valence electrons. The number of nitrogens with zero attached hydrogens (tertiary/aromatic N) is 1. The first-order chi connectivity index (χ1) is 12.7. The highest BCUT2D eigenvalue weighted by molar-refractivity contribution is 5.58. The van der Waals surface area contributed by atoms with Crippen molar-refractivity contribution in [2.45, 2.75) is 18.9 Å². The largest absolute Gasteiger partial charge is 0.493 e. The van der Waals surface area contributed by atoms with Crippen LogP contribution in [0.1, 0.15) is 28.3 Å². The molecule has 2 aromatic rings. The van der Waals surface area contributed by atoms with E-state index < -0.39 is 0 Å². The molecule has 2 aromatic carbocycles. The van der Waals surface area contributed by atoms with Crippen LogP contribution in [0.25, 0.3) is 0 Å². The standard InChI is InChI=1S/C20H20N2O4/c1-23-17-4-3-14(15(10-21)20(17)24-2)16-7-13-9-19-18(25-11-26-19)8-12(13)5-6-22-16/h3-4,8-9,16,22H,5-7,11H2,1-2H3. The van der Waals surface area contributed by atoms with Gasteiger partial charge in [0.05, 0.1) is 14.2 Å². The molecule has 1 atom stereocenters. The molecule has 0 fully saturated rings. The quantitative estimate of drug-likeness (QED) is 0.916. The minimum atomic E-state index is 0.00563. The minimum absolute atomic E-state index is 0.00563. The Balaban J connectivity index is 1.74. The summed E-state index contributed by atoms with van der Waals surface area (Å²) in [6, 6.07) is 10.2. The molecule has 0 spiro atoms. The molecule has 4 rings (SSSR count). The highest BCUT2D eigenvalue weighted by atomic mass is 16.7. The first kappa shape index (κ1) is 16.6. The molecule has 0 saturated carbocycles. The summed E-state index contributed by atoms with van der Waals surface area (Å²) in [6.07, 6.45) is 1.66. The van der Waals surface area contributed by atoms with Crippen LogP contribution in [0.15, 0.2) is 24.3 Å². The fourth-order valence-electron chi connectivity index (χ4n) is 3.69. The number of rotatable bonds is 3. The average molecular weight is 352 g/mol. The monoisotopic (exact) mass is 352 g/mol. The van der Waals surface area contributed by atoms with Crippen LogP contribution in [0, 0.1) is 11.3 Å². The number of nitriles is 1. The third-order valence-corrected chi connectivity index (χ3v) is 4.97. The SMILES string of the molecule is COc1ccc(C2Cc3cc4c(cc3CCN2)OCO4)c(C#N)c1OC. The number of hydrogen-bond acceptors (Lipinski definition) is 6. The minimum Gasteiger partial charge on any atom is -0.493 e. The summed E-state index contributed by atoms with van der Waals surface area (Å²) < 4.78 is 21.8. The van der Waals surface area contributed by atoms with Gasteiger partial charge in [0.15, 0.2) is 23.0 Å². The topological polar surface area (TPSA) is 72.7 Å². The maximum Gasteiger partial charge on any atom is 0.231 e. The molecule has 2 aliphatic heterocycles. The van der Waals surface area contributed by atoms with E-state index in [4.69, 9.17) is 18.9 Å². The Morgan fingerprint density at radius 3 is 2.58 bits per heavy atom. The zero-order valence-corrected chi connectivity index (χ0v) is 14.8. The predicted molar refractivity (Wildman–Crippen MR) is 95.0 cm³/mol. The third kappa shape index (κ3) is 2.71. The van der Waals surface area contributed by atoms with Crippen molar-refractivity contribution in [2.75, 3.05) is 27.6 Å². The van der Waals surface area contributed by atoms with Gasteiger partial charge < -0.3 is 24.3 Å². The zero-order valence-electron chi connectivity index (χ0n) is 14.8. The first-order valence-corrected chi connectivity index (χ1v) is 8.55. The van der Waals surface area contributed by atoms with Gasteiger partial charge in [-0.3, -0.25) is 0 Å². The van der Waals surface area contributed by atoms with E-state index in [1.807, 2.05) is 12.1 Å². The molecule has 6 nitrogen and oxygen atoms in total. The molecule has 2 heterocycles. The first-order valence-electron chi connectivity index (χ1n) is 8.55. The Labute approximate surface area is 152 Å². The van der Waals surface area contributed by atoms with Crippen LogP contribution in [0.2, 0.25) is 0 Å². The van der Waals surface area contributed by atoms with E-state index in [0.717, 1.165) is 36.4 Å². The Bertz CT molecular complexity index is 888. The average Bonchev–Trinajstić information content (AvgIpc) is 3.02. The second kappa shape index (κ2) is 6.77. The summed E-state index contributed by atoms with van der Waals surface area (Å²) >= 11 is 0. The van der Waals surface area contributed by atoms with E-state index >= 15 is 0 Å². The van der Waals surface area contributed by atoms with Gasteiger partial charge in [-0.25, -0.2) is 0 Å². The van der Waals surface area contributed by atoms with Crippen LogP contribution in [0.4, 0.5) is 0 Å². The van der Waals surface area contributed by atoms with Gasteiger partial charge in [-0.15, -0.1) is 0 Å². The lowest BCUT2D eigenvalue weighted by molar-refractivity contribution is 0.174. The zero-order chi connectivity index (χ0) is 18.1. The molecule has 26 heavy (non-hydrogen) atoms. The van der Waals surface area contributed by atoms with E-state index in [9.17, 15) is 5.26 Å². The molecule has 0 amide bonds. The second-order valence-corrected chi connectivity index (χ2v) is 6.31. The molecule has 0 saturated heterocycles. The van der Waals surface area contributed by atoms with E-state index in [1.54, 1.807) is 14.2 Å². The van der Waals surface area contributed by atoms with Gasteiger partial charge in [-0.05, 0) is 54.3 Å². The van der Waals surface area contributed by atoms with Crippen LogP contribution in [0.5, 0.6) is 23.0 Å². The van der Waals surface area contributed by atoms with E-state index in [2.05, 4.69) is 23.5 Å². The smallest absolute Gasteiger partial charge is 0.231 e. The lowest BCUT2D eigenvalue weighted by Crippen LogP contribution is -2.24. The molecular formula is C20H20N2O4. The van der Waals surface area contributed by atoms with Crippen LogP contribution in [-0.4, -0.2) is 27.6 Å². The number of methoxy groups -OCH3 is 2. The molecule has 2 aliphatic rings. The molecule has 0 radical (unpaired) electrons. The highest BCUT2D eigenvalue weighted by Crippen LogP contribution is 2.40. The molecular weight excluding hydrogens is 332 g/mol. The maximum absolute atomic E-state index is 9.72. The number of benzene rings is 2. The Morgan fingerprint density at radius 2 is 1.88 bits per heavy atom. The second-order valence-electron chi connectivity index (χ2n) is 6.31. The van der Waals surface area contributed by atoms with Gasteiger partial charge in [0.25, 0.3) is 0 Å². The van der Waals surface area contributed by atoms with Gasteiger partial charge in [0.1, 0.15) is 11.6 Å². The van der Waals surface area contributed by atoms with E-state index in [-0.39, 0.29) is 12.8 Å². The molecule has 1 unspecified atom stereocenters. The fourth-order valence-corrected chi connectivity index (χ4v) is 3.69. The third-order valence-electron chi connectivity index (χ3n) is 4.97. The van der Waals surface area contributed by atoms with E-state index in [0.29, 0.717) is 17.1 Å². The number of ether oxygens (including phenoxy) is 4. The summed E-state index contributed by atoms with van der Waals surface area (Å²) in [5, 5.41) is 13.3. The molecule has 0 bridgehead atoms.